The highest BCUT2D eigenvalue weighted by atomic mass is 35.5. The third kappa shape index (κ3) is 2.61. The highest BCUT2D eigenvalue weighted by Crippen LogP contribution is 2.57. The predicted molar refractivity (Wildman–Crippen MR) is 124 cm³/mol. The van der Waals surface area contributed by atoms with Gasteiger partial charge in [-0.1, -0.05) is 65.7 Å². The van der Waals surface area contributed by atoms with Crippen LogP contribution in [-0.2, 0) is 14.3 Å². The van der Waals surface area contributed by atoms with Gasteiger partial charge in [0.15, 0.2) is 0 Å². The van der Waals surface area contributed by atoms with E-state index >= 15 is 0 Å². The fourth-order valence-corrected chi connectivity index (χ4v) is 5.65. The molecule has 0 saturated carbocycles. The van der Waals surface area contributed by atoms with Crippen LogP contribution in [0.5, 0.6) is 0 Å². The number of rotatable bonds is 2. The second kappa shape index (κ2) is 7.19. The topological polar surface area (TPSA) is 80.8 Å². The van der Waals surface area contributed by atoms with E-state index in [1.807, 2.05) is 6.92 Å². The Bertz CT molecular complexity index is 1380. The van der Waals surface area contributed by atoms with Crippen LogP contribution in [0.2, 0.25) is 5.02 Å². The van der Waals surface area contributed by atoms with Gasteiger partial charge in [-0.15, -0.1) is 0 Å². The predicted octanol–water partition coefficient (Wildman–Crippen LogP) is 4.34. The summed E-state index contributed by atoms with van der Waals surface area (Å²) in [6.45, 7) is 1.90. The molecular formula is C27H18ClNO5. The van der Waals surface area contributed by atoms with E-state index in [-0.39, 0.29) is 11.1 Å². The van der Waals surface area contributed by atoms with Crippen molar-refractivity contribution in [3.63, 3.8) is 0 Å². The van der Waals surface area contributed by atoms with Crippen molar-refractivity contribution in [2.45, 2.75) is 18.6 Å². The zero-order valence-corrected chi connectivity index (χ0v) is 18.8. The molecule has 3 unspecified atom stereocenters. The first-order valence-corrected chi connectivity index (χ1v) is 11.3. The third-order valence-corrected chi connectivity index (χ3v) is 7.22. The van der Waals surface area contributed by atoms with Crippen LogP contribution in [0.25, 0.3) is 0 Å². The summed E-state index contributed by atoms with van der Waals surface area (Å²) in [5.74, 6) is -4.61. The van der Waals surface area contributed by atoms with Crippen molar-refractivity contribution in [2.24, 2.45) is 11.8 Å². The number of hydrogen-bond donors (Lipinski definition) is 0. The minimum Gasteiger partial charge on any atom is -0.349 e. The Balaban J connectivity index is 1.55. The van der Waals surface area contributed by atoms with Crippen LogP contribution in [0.15, 0.2) is 72.8 Å². The Morgan fingerprint density at radius 3 is 2.09 bits per heavy atom. The van der Waals surface area contributed by atoms with E-state index in [1.165, 1.54) is 0 Å². The molecule has 34 heavy (non-hydrogen) atoms. The molecule has 2 saturated heterocycles. The lowest BCUT2D eigenvalue weighted by atomic mass is 9.77. The van der Waals surface area contributed by atoms with Gasteiger partial charge in [0.25, 0.3) is 0 Å². The van der Waals surface area contributed by atoms with Crippen LogP contribution >= 0.6 is 11.6 Å². The summed E-state index contributed by atoms with van der Waals surface area (Å²) in [5.41, 5.74) is 0.205. The molecular weight excluding hydrogens is 454 g/mol. The van der Waals surface area contributed by atoms with Crippen molar-refractivity contribution in [3.8, 4) is 0 Å². The lowest BCUT2D eigenvalue weighted by Crippen LogP contribution is -2.51. The van der Waals surface area contributed by atoms with Gasteiger partial charge in [-0.05, 0) is 36.8 Å². The molecule has 1 spiro atoms. The number of amides is 2. The summed E-state index contributed by atoms with van der Waals surface area (Å²) >= 11 is 6.20. The van der Waals surface area contributed by atoms with Gasteiger partial charge < -0.3 is 4.74 Å². The maximum Gasteiger partial charge on any atom is 0.241 e. The zero-order chi connectivity index (χ0) is 23.8. The SMILES string of the molecule is Cc1ccc(N2C(=O)C3C(c4cccc(Cl)c4)OC4(C(=O)c5ccccc5C4=O)C3C2=O)cc1. The van der Waals surface area contributed by atoms with Gasteiger partial charge in [-0.2, -0.15) is 0 Å². The Kier molecular flexibility index (Phi) is 4.43. The van der Waals surface area contributed by atoms with Crippen LogP contribution in [-0.4, -0.2) is 29.0 Å². The number of halogens is 1. The number of carbonyl (C=O) groups is 4. The summed E-state index contributed by atoms with van der Waals surface area (Å²) in [6, 6.07) is 20.1. The van der Waals surface area contributed by atoms with Crippen molar-refractivity contribution in [1.29, 1.82) is 0 Å². The summed E-state index contributed by atoms with van der Waals surface area (Å²) in [4.78, 5) is 56.1. The second-order valence-corrected chi connectivity index (χ2v) is 9.32. The molecule has 2 aliphatic heterocycles. The van der Waals surface area contributed by atoms with E-state index < -0.39 is 46.9 Å². The number of ether oxygens (including phenoxy) is 1. The molecule has 2 fully saturated rings. The number of aryl methyl sites for hydroxylation is 1. The third-order valence-electron chi connectivity index (χ3n) is 6.99. The first-order valence-electron chi connectivity index (χ1n) is 10.9. The maximum atomic E-state index is 13.8. The van der Waals surface area contributed by atoms with Gasteiger partial charge in [0.05, 0.1) is 23.6 Å². The van der Waals surface area contributed by atoms with E-state index in [4.69, 9.17) is 16.3 Å². The first-order chi connectivity index (χ1) is 16.3. The highest BCUT2D eigenvalue weighted by molar-refractivity contribution is 6.37. The van der Waals surface area contributed by atoms with E-state index in [2.05, 4.69) is 0 Å². The van der Waals surface area contributed by atoms with Gasteiger partial charge in [0, 0.05) is 16.1 Å². The van der Waals surface area contributed by atoms with Crippen molar-refractivity contribution < 1.29 is 23.9 Å². The van der Waals surface area contributed by atoms with Crippen LogP contribution in [0, 0.1) is 18.8 Å². The molecule has 3 aliphatic rings. The fourth-order valence-electron chi connectivity index (χ4n) is 5.45. The molecule has 7 heteroatoms. The number of Topliss-reactive ketones (excluding diaryl/α,β-unsaturated/α-hetero) is 2. The second-order valence-electron chi connectivity index (χ2n) is 8.88. The standard InChI is InChI=1S/C27H18ClNO5/c1-14-9-11-17(12-10-14)29-25(32)20-21(26(29)33)27(34-22(20)15-5-4-6-16(28)13-15)23(30)18-7-2-3-8-19(18)24(27)31/h2-13,20-22H,1H3. The van der Waals surface area contributed by atoms with Crippen LogP contribution in [0.4, 0.5) is 5.69 Å². The monoisotopic (exact) mass is 471 g/mol. The van der Waals surface area contributed by atoms with Crippen LogP contribution in [0.3, 0.4) is 0 Å². The van der Waals surface area contributed by atoms with E-state index in [1.54, 1.807) is 72.8 Å². The van der Waals surface area contributed by atoms with Crippen LogP contribution < -0.4 is 4.90 Å². The number of benzene rings is 3. The molecule has 1 aliphatic carbocycles. The Labute approximate surface area is 200 Å². The summed E-state index contributed by atoms with van der Waals surface area (Å²) in [6.07, 6.45) is -0.988. The van der Waals surface area contributed by atoms with Crippen molar-refractivity contribution in [2.75, 3.05) is 4.90 Å². The Hall–Kier alpha value is -3.61. The number of hydrogen-bond acceptors (Lipinski definition) is 5. The van der Waals surface area contributed by atoms with E-state index in [9.17, 15) is 19.2 Å². The van der Waals surface area contributed by atoms with Crippen molar-refractivity contribution in [3.05, 3.63) is 100 Å². The van der Waals surface area contributed by atoms with Crippen molar-refractivity contribution in [1.82, 2.24) is 0 Å². The maximum absolute atomic E-state index is 13.8. The summed E-state index contributed by atoms with van der Waals surface area (Å²) in [7, 11) is 0. The Morgan fingerprint density at radius 1 is 0.824 bits per heavy atom. The molecule has 2 amide bonds. The minimum absolute atomic E-state index is 0.201. The average Bonchev–Trinajstić information content (AvgIpc) is 3.40. The lowest BCUT2D eigenvalue weighted by molar-refractivity contribution is -0.127. The molecule has 3 atom stereocenters. The summed E-state index contributed by atoms with van der Waals surface area (Å²) < 4.78 is 6.24. The van der Waals surface area contributed by atoms with Crippen LogP contribution in [0.1, 0.15) is 37.9 Å². The number of nitrogens with zero attached hydrogens (tertiary/aromatic N) is 1. The summed E-state index contributed by atoms with van der Waals surface area (Å²) in [5, 5.41) is 0.415. The van der Waals surface area contributed by atoms with Gasteiger partial charge in [-0.3, -0.25) is 19.2 Å². The molecule has 0 bridgehead atoms. The largest absolute Gasteiger partial charge is 0.349 e. The first kappa shape index (κ1) is 21.0. The average molecular weight is 472 g/mol. The number of fused-ring (bicyclic) bond motifs is 3. The number of anilines is 1. The number of carbonyl (C=O) groups excluding carboxylic acids is 4. The fraction of sp³-hybridized carbons (Fsp3) is 0.185. The normalized spacial score (nSPS) is 24.8. The van der Waals surface area contributed by atoms with Gasteiger partial charge in [0.2, 0.25) is 29.0 Å². The minimum atomic E-state index is -2.09. The molecule has 168 valence electrons. The van der Waals surface area contributed by atoms with E-state index in [0.717, 1.165) is 10.5 Å². The Morgan fingerprint density at radius 2 is 1.47 bits per heavy atom. The molecule has 6 rings (SSSR count). The molecule has 6 nitrogen and oxygen atoms in total. The van der Waals surface area contributed by atoms with Crippen molar-refractivity contribution >= 4 is 40.7 Å². The number of imide groups is 1. The quantitative estimate of drug-likeness (QED) is 0.410. The van der Waals surface area contributed by atoms with Gasteiger partial charge in [-0.25, -0.2) is 4.90 Å². The zero-order valence-electron chi connectivity index (χ0n) is 18.0. The molecule has 0 radical (unpaired) electrons. The highest BCUT2D eigenvalue weighted by Gasteiger charge is 2.74. The molecule has 0 N–H and O–H groups in total. The van der Waals surface area contributed by atoms with Gasteiger partial charge >= 0.3 is 0 Å². The molecule has 3 aromatic rings. The smallest absolute Gasteiger partial charge is 0.241 e. The number of ketones is 2. The molecule has 3 aromatic carbocycles. The van der Waals surface area contributed by atoms with E-state index in [0.29, 0.717) is 16.3 Å². The molecule has 0 aromatic heterocycles. The molecule has 2 heterocycles. The van der Waals surface area contributed by atoms with Gasteiger partial charge in [0.1, 0.15) is 0 Å². The lowest BCUT2D eigenvalue weighted by Gasteiger charge is -2.27.